The SMILES string of the molecule is N#CC1(C(O)c2ccccc2)CCC2(CC1)OCCO2. The van der Waals surface area contributed by atoms with Gasteiger partial charge in [-0.15, -0.1) is 0 Å². The molecule has 1 saturated heterocycles. The summed E-state index contributed by atoms with van der Waals surface area (Å²) in [5.74, 6) is -0.503. The van der Waals surface area contributed by atoms with Crippen molar-refractivity contribution in [3.8, 4) is 6.07 Å². The van der Waals surface area contributed by atoms with Gasteiger partial charge in [0.25, 0.3) is 0 Å². The van der Waals surface area contributed by atoms with Gasteiger partial charge in [0.05, 0.1) is 30.8 Å². The lowest BCUT2D eigenvalue weighted by Crippen LogP contribution is -2.42. The van der Waals surface area contributed by atoms with Gasteiger partial charge in [-0.3, -0.25) is 0 Å². The van der Waals surface area contributed by atoms with Gasteiger partial charge in [-0.1, -0.05) is 30.3 Å². The van der Waals surface area contributed by atoms with Gasteiger partial charge >= 0.3 is 0 Å². The van der Waals surface area contributed by atoms with Crippen molar-refractivity contribution in [1.82, 2.24) is 0 Å². The van der Waals surface area contributed by atoms with Gasteiger partial charge < -0.3 is 14.6 Å². The standard InChI is InChI=1S/C16H19NO3/c17-12-15(14(18)13-4-2-1-3-5-13)6-8-16(9-7-15)19-10-11-20-16/h1-5,14,18H,6-11H2. The van der Waals surface area contributed by atoms with Crippen LogP contribution in [0.25, 0.3) is 0 Å². The predicted octanol–water partition coefficient (Wildman–Crippen LogP) is 2.55. The molecule has 1 aromatic carbocycles. The summed E-state index contributed by atoms with van der Waals surface area (Å²) in [4.78, 5) is 0. The molecule has 4 heteroatoms. The van der Waals surface area contributed by atoms with Crippen LogP contribution in [0.1, 0.15) is 37.4 Å². The highest BCUT2D eigenvalue weighted by atomic mass is 16.7. The fraction of sp³-hybridized carbons (Fsp3) is 0.562. The van der Waals surface area contributed by atoms with Crippen molar-refractivity contribution in [2.75, 3.05) is 13.2 Å². The molecule has 3 rings (SSSR count). The van der Waals surface area contributed by atoms with Crippen molar-refractivity contribution in [2.45, 2.75) is 37.6 Å². The van der Waals surface area contributed by atoms with E-state index in [4.69, 9.17) is 9.47 Å². The summed E-state index contributed by atoms with van der Waals surface area (Å²) in [6.45, 7) is 1.25. The van der Waals surface area contributed by atoms with Crippen LogP contribution < -0.4 is 0 Å². The van der Waals surface area contributed by atoms with Crippen LogP contribution in [0.4, 0.5) is 0 Å². The zero-order chi connectivity index (χ0) is 14.1. The number of rotatable bonds is 2. The monoisotopic (exact) mass is 273 g/mol. The molecule has 4 nitrogen and oxygen atoms in total. The molecule has 0 amide bonds. The van der Waals surface area contributed by atoms with Gasteiger partial charge in [-0.2, -0.15) is 5.26 Å². The number of benzene rings is 1. The lowest BCUT2D eigenvalue weighted by atomic mass is 9.68. The predicted molar refractivity (Wildman–Crippen MR) is 72.6 cm³/mol. The van der Waals surface area contributed by atoms with Gasteiger partial charge in [-0.25, -0.2) is 0 Å². The fourth-order valence-electron chi connectivity index (χ4n) is 3.26. The van der Waals surface area contributed by atoms with Crippen LogP contribution in [0.15, 0.2) is 30.3 Å². The van der Waals surface area contributed by atoms with Gasteiger partial charge in [0, 0.05) is 12.8 Å². The van der Waals surface area contributed by atoms with Crippen LogP contribution in [0.3, 0.4) is 0 Å². The molecule has 106 valence electrons. The van der Waals surface area contributed by atoms with Crippen LogP contribution in [0.2, 0.25) is 0 Å². The van der Waals surface area contributed by atoms with E-state index in [1.54, 1.807) is 0 Å². The van der Waals surface area contributed by atoms with Crippen molar-refractivity contribution in [2.24, 2.45) is 5.41 Å². The summed E-state index contributed by atoms with van der Waals surface area (Å²) in [6, 6.07) is 11.8. The number of aliphatic hydroxyl groups excluding tert-OH is 1. The van der Waals surface area contributed by atoms with Gasteiger partial charge in [0.15, 0.2) is 5.79 Å². The molecule has 0 aromatic heterocycles. The minimum absolute atomic E-state index is 0.503. The van der Waals surface area contributed by atoms with Gasteiger partial charge in [0.2, 0.25) is 0 Å². The average Bonchev–Trinajstić information content (AvgIpc) is 2.97. The number of hydrogen-bond acceptors (Lipinski definition) is 4. The Bertz CT molecular complexity index is 492. The second-order valence-electron chi connectivity index (χ2n) is 5.69. The maximum atomic E-state index is 10.6. The summed E-state index contributed by atoms with van der Waals surface area (Å²) in [5, 5.41) is 20.2. The molecule has 1 unspecified atom stereocenters. The topological polar surface area (TPSA) is 62.5 Å². The summed E-state index contributed by atoms with van der Waals surface area (Å²) >= 11 is 0. The van der Waals surface area contributed by atoms with E-state index in [0.29, 0.717) is 38.9 Å². The third-order valence-electron chi connectivity index (χ3n) is 4.58. The Morgan fingerprint density at radius 2 is 1.65 bits per heavy atom. The first-order chi connectivity index (χ1) is 9.70. The quantitative estimate of drug-likeness (QED) is 0.899. The smallest absolute Gasteiger partial charge is 0.168 e. The van der Waals surface area contributed by atoms with Crippen molar-refractivity contribution < 1.29 is 14.6 Å². The summed E-state index contributed by atoms with van der Waals surface area (Å²) in [6.07, 6.45) is 1.78. The highest BCUT2D eigenvalue weighted by Crippen LogP contribution is 2.50. The highest BCUT2D eigenvalue weighted by Gasteiger charge is 2.50. The highest BCUT2D eigenvalue weighted by molar-refractivity contribution is 5.23. The molecule has 1 N–H and O–H groups in total. The normalized spacial score (nSPS) is 25.2. The minimum atomic E-state index is -0.757. The first-order valence-corrected chi connectivity index (χ1v) is 7.12. The van der Waals surface area contributed by atoms with Crippen molar-refractivity contribution in [3.63, 3.8) is 0 Å². The zero-order valence-corrected chi connectivity index (χ0v) is 11.4. The molecule has 1 heterocycles. The van der Waals surface area contributed by atoms with Crippen LogP contribution in [-0.2, 0) is 9.47 Å². The Balaban J connectivity index is 1.78. The van der Waals surface area contributed by atoms with E-state index in [0.717, 1.165) is 5.56 Å². The van der Waals surface area contributed by atoms with E-state index in [2.05, 4.69) is 6.07 Å². The van der Waals surface area contributed by atoms with E-state index in [1.807, 2.05) is 30.3 Å². The Morgan fingerprint density at radius 3 is 2.20 bits per heavy atom. The first kappa shape index (κ1) is 13.6. The molecule has 2 fully saturated rings. The van der Waals surface area contributed by atoms with Crippen molar-refractivity contribution in [1.29, 1.82) is 5.26 Å². The third-order valence-corrected chi connectivity index (χ3v) is 4.58. The largest absolute Gasteiger partial charge is 0.387 e. The molecule has 1 aromatic rings. The molecule has 1 saturated carbocycles. The van der Waals surface area contributed by atoms with Gasteiger partial charge in [0.1, 0.15) is 0 Å². The molecule has 1 aliphatic heterocycles. The van der Waals surface area contributed by atoms with Crippen molar-refractivity contribution in [3.05, 3.63) is 35.9 Å². The van der Waals surface area contributed by atoms with Crippen LogP contribution in [0, 0.1) is 16.7 Å². The molecule has 0 bridgehead atoms. The summed E-state index contributed by atoms with van der Waals surface area (Å²) < 4.78 is 11.4. The third kappa shape index (κ3) is 2.22. The molecule has 1 spiro atoms. The first-order valence-electron chi connectivity index (χ1n) is 7.12. The minimum Gasteiger partial charge on any atom is -0.387 e. The number of hydrogen-bond donors (Lipinski definition) is 1. The summed E-state index contributed by atoms with van der Waals surface area (Å²) in [7, 11) is 0. The maximum absolute atomic E-state index is 10.6. The van der Waals surface area contributed by atoms with E-state index >= 15 is 0 Å². The van der Waals surface area contributed by atoms with Crippen LogP contribution in [0.5, 0.6) is 0 Å². The molecule has 0 radical (unpaired) electrons. The fourth-order valence-corrected chi connectivity index (χ4v) is 3.26. The number of nitrogens with zero attached hydrogens (tertiary/aromatic N) is 1. The number of ether oxygens (including phenoxy) is 2. The molecule has 20 heavy (non-hydrogen) atoms. The second kappa shape index (κ2) is 5.17. The zero-order valence-electron chi connectivity index (χ0n) is 11.4. The second-order valence-corrected chi connectivity index (χ2v) is 5.69. The van der Waals surface area contributed by atoms with E-state index < -0.39 is 17.3 Å². The lowest BCUT2D eigenvalue weighted by Gasteiger charge is -2.42. The Labute approximate surface area is 118 Å². The molecule has 2 aliphatic rings. The Kier molecular flexibility index (Phi) is 3.51. The Hall–Kier alpha value is -1.41. The van der Waals surface area contributed by atoms with E-state index in [1.165, 1.54) is 0 Å². The molecular weight excluding hydrogens is 254 g/mol. The molecule has 1 atom stereocenters. The number of aliphatic hydroxyl groups is 1. The molecular formula is C16H19NO3. The maximum Gasteiger partial charge on any atom is 0.168 e. The number of nitriles is 1. The van der Waals surface area contributed by atoms with Crippen LogP contribution in [-0.4, -0.2) is 24.1 Å². The lowest BCUT2D eigenvalue weighted by molar-refractivity contribution is -0.194. The van der Waals surface area contributed by atoms with E-state index in [9.17, 15) is 10.4 Å². The summed E-state index contributed by atoms with van der Waals surface area (Å²) in [5.41, 5.74) is 0.0697. The van der Waals surface area contributed by atoms with Crippen LogP contribution >= 0.6 is 0 Å². The van der Waals surface area contributed by atoms with Gasteiger partial charge in [-0.05, 0) is 18.4 Å². The van der Waals surface area contributed by atoms with E-state index in [-0.39, 0.29) is 0 Å². The average molecular weight is 273 g/mol. The van der Waals surface area contributed by atoms with Crippen molar-refractivity contribution >= 4 is 0 Å². The molecule has 1 aliphatic carbocycles. The Morgan fingerprint density at radius 1 is 1.05 bits per heavy atom.